The van der Waals surface area contributed by atoms with Crippen molar-refractivity contribution in [2.24, 2.45) is 0 Å². The lowest BCUT2D eigenvalue weighted by Gasteiger charge is -2.22. The summed E-state index contributed by atoms with van der Waals surface area (Å²) in [5.74, 6) is -0.621. The highest BCUT2D eigenvalue weighted by Gasteiger charge is 2.40. The Morgan fingerprint density at radius 1 is 1.00 bits per heavy atom. The zero-order chi connectivity index (χ0) is 23.5. The van der Waals surface area contributed by atoms with Crippen molar-refractivity contribution in [3.63, 3.8) is 0 Å². The SMILES string of the molecule is COC(=O)[C@H]1CCCN1S(=O)(=O)c1ccc(NC(=O)Nc2ccc(C(F)(F)F)cc2)cc1. The van der Waals surface area contributed by atoms with Gasteiger partial charge < -0.3 is 15.4 Å². The van der Waals surface area contributed by atoms with Crippen LogP contribution in [-0.2, 0) is 25.7 Å². The van der Waals surface area contributed by atoms with Crippen LogP contribution in [0.15, 0.2) is 53.4 Å². The number of carbonyl (C=O) groups excluding carboxylic acids is 2. The van der Waals surface area contributed by atoms with Crippen molar-refractivity contribution in [1.82, 2.24) is 4.31 Å². The lowest BCUT2D eigenvalue weighted by Crippen LogP contribution is -2.41. The van der Waals surface area contributed by atoms with Gasteiger partial charge in [-0.15, -0.1) is 0 Å². The normalized spacial score (nSPS) is 17.1. The van der Waals surface area contributed by atoms with E-state index >= 15 is 0 Å². The molecular weight excluding hydrogens is 451 g/mol. The maximum Gasteiger partial charge on any atom is 0.416 e. The Bertz CT molecular complexity index is 1090. The van der Waals surface area contributed by atoms with Gasteiger partial charge in [0, 0.05) is 17.9 Å². The summed E-state index contributed by atoms with van der Waals surface area (Å²) in [7, 11) is -2.74. The smallest absolute Gasteiger partial charge is 0.416 e. The maximum atomic E-state index is 12.9. The average Bonchev–Trinajstić information content (AvgIpc) is 3.24. The molecule has 0 unspecified atom stereocenters. The molecule has 8 nitrogen and oxygen atoms in total. The van der Waals surface area contributed by atoms with Gasteiger partial charge in [0.25, 0.3) is 0 Å². The van der Waals surface area contributed by atoms with E-state index in [0.717, 1.165) is 28.6 Å². The zero-order valence-corrected chi connectivity index (χ0v) is 17.7. The van der Waals surface area contributed by atoms with Gasteiger partial charge in [-0.1, -0.05) is 0 Å². The second-order valence-corrected chi connectivity index (χ2v) is 8.87. The number of amides is 2. The summed E-state index contributed by atoms with van der Waals surface area (Å²) >= 11 is 0. The number of benzene rings is 2. The third kappa shape index (κ3) is 5.19. The molecule has 1 saturated heterocycles. The van der Waals surface area contributed by atoms with Crippen molar-refractivity contribution in [3.05, 3.63) is 54.1 Å². The molecule has 1 fully saturated rings. The van der Waals surface area contributed by atoms with E-state index in [9.17, 15) is 31.2 Å². The Morgan fingerprint density at radius 3 is 2.03 bits per heavy atom. The first-order valence-corrected chi connectivity index (χ1v) is 10.9. The van der Waals surface area contributed by atoms with E-state index in [1.54, 1.807) is 0 Å². The van der Waals surface area contributed by atoms with Crippen molar-refractivity contribution >= 4 is 33.4 Å². The number of hydrogen-bond acceptors (Lipinski definition) is 5. The summed E-state index contributed by atoms with van der Waals surface area (Å²) in [6.07, 6.45) is -3.58. The Kier molecular flexibility index (Phi) is 6.74. The molecule has 0 aromatic heterocycles. The van der Waals surface area contributed by atoms with Crippen molar-refractivity contribution < 1.29 is 35.9 Å². The van der Waals surface area contributed by atoms with Crippen LogP contribution >= 0.6 is 0 Å². The second kappa shape index (κ2) is 9.17. The molecular formula is C20H20F3N3O5S. The summed E-state index contributed by atoms with van der Waals surface area (Å²) in [5.41, 5.74) is -0.426. The molecule has 0 aliphatic carbocycles. The van der Waals surface area contributed by atoms with E-state index in [2.05, 4.69) is 15.4 Å². The van der Waals surface area contributed by atoms with Crippen LogP contribution < -0.4 is 10.6 Å². The molecule has 1 aliphatic rings. The summed E-state index contributed by atoms with van der Waals surface area (Å²) in [4.78, 5) is 23.9. The quantitative estimate of drug-likeness (QED) is 0.648. The Labute approximate surface area is 182 Å². The minimum absolute atomic E-state index is 0.0537. The van der Waals surface area contributed by atoms with Gasteiger partial charge in [0.15, 0.2) is 0 Å². The van der Waals surface area contributed by atoms with Gasteiger partial charge in [0.1, 0.15) is 6.04 Å². The number of anilines is 2. The number of nitrogens with one attached hydrogen (secondary N) is 2. The highest BCUT2D eigenvalue weighted by atomic mass is 32.2. The van der Waals surface area contributed by atoms with E-state index in [1.807, 2.05) is 0 Å². The van der Waals surface area contributed by atoms with Crippen molar-refractivity contribution in [2.75, 3.05) is 24.3 Å². The number of urea groups is 1. The van der Waals surface area contributed by atoms with Crippen molar-refractivity contribution in [1.29, 1.82) is 0 Å². The molecule has 1 atom stereocenters. The summed E-state index contributed by atoms with van der Waals surface area (Å²) in [5, 5.41) is 4.85. The molecule has 0 saturated carbocycles. The number of ether oxygens (including phenoxy) is 1. The number of halogens is 3. The molecule has 32 heavy (non-hydrogen) atoms. The third-order valence-corrected chi connectivity index (χ3v) is 6.79. The predicted molar refractivity (Wildman–Crippen MR) is 109 cm³/mol. The summed E-state index contributed by atoms with van der Waals surface area (Å²) < 4.78 is 69.3. The lowest BCUT2D eigenvalue weighted by atomic mass is 10.2. The number of hydrogen-bond donors (Lipinski definition) is 2. The Balaban J connectivity index is 1.65. The highest BCUT2D eigenvalue weighted by Crippen LogP contribution is 2.30. The predicted octanol–water partition coefficient (Wildman–Crippen LogP) is 3.68. The molecule has 1 aliphatic heterocycles. The number of esters is 1. The lowest BCUT2D eigenvalue weighted by molar-refractivity contribution is -0.144. The van der Waals surface area contributed by atoms with Crippen LogP contribution in [0.2, 0.25) is 0 Å². The number of carbonyl (C=O) groups is 2. The minimum atomic E-state index is -4.48. The van der Waals surface area contributed by atoms with E-state index in [1.165, 1.54) is 31.4 Å². The first-order chi connectivity index (χ1) is 15.0. The topological polar surface area (TPSA) is 105 Å². The van der Waals surface area contributed by atoms with Crippen LogP contribution in [0.5, 0.6) is 0 Å². The molecule has 0 spiro atoms. The largest absolute Gasteiger partial charge is 0.468 e. The molecule has 3 rings (SSSR count). The van der Waals surface area contributed by atoms with Gasteiger partial charge in [-0.05, 0) is 61.4 Å². The van der Waals surface area contributed by atoms with Crippen LogP contribution in [0.4, 0.5) is 29.3 Å². The summed E-state index contributed by atoms with van der Waals surface area (Å²) in [6.45, 7) is 0.192. The molecule has 1 heterocycles. The molecule has 0 bridgehead atoms. The second-order valence-electron chi connectivity index (χ2n) is 6.98. The number of methoxy groups -OCH3 is 1. The van der Waals surface area contributed by atoms with E-state index in [4.69, 9.17) is 0 Å². The van der Waals surface area contributed by atoms with Gasteiger partial charge in [-0.25, -0.2) is 13.2 Å². The Morgan fingerprint density at radius 2 is 1.53 bits per heavy atom. The molecule has 2 aromatic rings. The highest BCUT2D eigenvalue weighted by molar-refractivity contribution is 7.89. The number of alkyl halides is 3. The van der Waals surface area contributed by atoms with Gasteiger partial charge in [-0.3, -0.25) is 4.79 Å². The Hall–Kier alpha value is -3.12. The zero-order valence-electron chi connectivity index (χ0n) is 16.8. The number of sulfonamides is 1. The van der Waals surface area contributed by atoms with Crippen LogP contribution in [0.25, 0.3) is 0 Å². The van der Waals surface area contributed by atoms with Gasteiger partial charge in [-0.2, -0.15) is 17.5 Å². The summed E-state index contributed by atoms with van der Waals surface area (Å²) in [6, 6.07) is 7.63. The monoisotopic (exact) mass is 471 g/mol. The average molecular weight is 471 g/mol. The van der Waals surface area contributed by atoms with E-state index in [0.29, 0.717) is 12.8 Å². The van der Waals surface area contributed by atoms with Crippen LogP contribution in [0.3, 0.4) is 0 Å². The first-order valence-electron chi connectivity index (χ1n) is 9.47. The molecule has 2 aromatic carbocycles. The molecule has 0 radical (unpaired) electrons. The van der Waals surface area contributed by atoms with Gasteiger partial charge >= 0.3 is 18.2 Å². The van der Waals surface area contributed by atoms with Crippen molar-refractivity contribution in [2.45, 2.75) is 30.0 Å². The molecule has 2 amide bonds. The maximum absolute atomic E-state index is 12.9. The first kappa shape index (κ1) is 23.5. The van der Waals surface area contributed by atoms with Gasteiger partial charge in [0.2, 0.25) is 10.0 Å². The van der Waals surface area contributed by atoms with Crippen LogP contribution in [0.1, 0.15) is 18.4 Å². The third-order valence-electron chi connectivity index (χ3n) is 4.87. The van der Waals surface area contributed by atoms with Crippen LogP contribution in [0, 0.1) is 0 Å². The molecule has 2 N–H and O–H groups in total. The fourth-order valence-corrected chi connectivity index (χ4v) is 4.93. The van der Waals surface area contributed by atoms with Crippen LogP contribution in [-0.4, -0.2) is 44.4 Å². The molecule has 12 heteroatoms. The number of nitrogens with zero attached hydrogens (tertiary/aromatic N) is 1. The minimum Gasteiger partial charge on any atom is -0.468 e. The standard InChI is InChI=1S/C20H20F3N3O5S/c1-31-18(27)17-3-2-12-26(17)32(29,30)16-10-8-15(9-11-16)25-19(28)24-14-6-4-13(5-7-14)20(21,22)23/h4-11,17H,2-3,12H2,1H3,(H2,24,25,28)/t17-/m1/s1. The fraction of sp³-hybridized carbons (Fsp3) is 0.300. The fourth-order valence-electron chi connectivity index (χ4n) is 3.28. The number of rotatable bonds is 5. The molecule has 172 valence electrons. The van der Waals surface area contributed by atoms with Gasteiger partial charge in [0.05, 0.1) is 17.6 Å². The van der Waals surface area contributed by atoms with Crippen molar-refractivity contribution in [3.8, 4) is 0 Å². The van der Waals surface area contributed by atoms with E-state index < -0.39 is 39.8 Å². The van der Waals surface area contributed by atoms with E-state index in [-0.39, 0.29) is 22.8 Å².